The van der Waals surface area contributed by atoms with Gasteiger partial charge in [0.2, 0.25) is 0 Å². The fraction of sp³-hybridized carbons (Fsp3) is 0.125. The summed E-state index contributed by atoms with van der Waals surface area (Å²) in [6.45, 7) is 2.03. The van der Waals surface area contributed by atoms with Crippen molar-refractivity contribution >= 4 is 17.4 Å². The van der Waals surface area contributed by atoms with Crippen LogP contribution >= 0.6 is 0 Å². The van der Waals surface area contributed by atoms with Crippen molar-refractivity contribution in [2.24, 2.45) is 5.10 Å². The molecule has 0 spiro atoms. The molecule has 0 unspecified atom stereocenters. The first kappa shape index (κ1) is 13.8. The van der Waals surface area contributed by atoms with Crippen LogP contribution in [0.1, 0.15) is 29.3 Å². The van der Waals surface area contributed by atoms with Crippen LogP contribution in [-0.2, 0) is 0 Å². The molecule has 0 bridgehead atoms. The SMILES string of the molecule is CC/C(=N/Nc1ccc(C(=O)[O-])cc1)c1ccccc1. The standard InChI is InChI=1S/C16H16N2O2/c1-2-15(12-6-4-3-5-7-12)18-17-14-10-8-13(9-11-14)16(19)20/h3-11,17H,2H2,1H3,(H,19,20)/p-1/b18-15-. The van der Waals surface area contributed by atoms with Gasteiger partial charge in [0.25, 0.3) is 0 Å². The van der Waals surface area contributed by atoms with E-state index in [9.17, 15) is 9.90 Å². The number of hydrogen-bond donors (Lipinski definition) is 1. The first-order valence-electron chi connectivity index (χ1n) is 6.40. The Morgan fingerprint density at radius 2 is 1.70 bits per heavy atom. The highest BCUT2D eigenvalue weighted by Gasteiger charge is 2.00. The topological polar surface area (TPSA) is 64.5 Å². The molecule has 0 atom stereocenters. The predicted molar refractivity (Wildman–Crippen MR) is 77.7 cm³/mol. The minimum absolute atomic E-state index is 0.151. The summed E-state index contributed by atoms with van der Waals surface area (Å²) in [4.78, 5) is 10.7. The van der Waals surface area contributed by atoms with Crippen molar-refractivity contribution in [2.75, 3.05) is 5.43 Å². The predicted octanol–water partition coefficient (Wildman–Crippen LogP) is 2.28. The third-order valence-corrected chi connectivity index (χ3v) is 2.88. The van der Waals surface area contributed by atoms with Gasteiger partial charge in [0, 0.05) is 0 Å². The van der Waals surface area contributed by atoms with Crippen molar-refractivity contribution in [3.63, 3.8) is 0 Å². The van der Waals surface area contributed by atoms with Gasteiger partial charge in [0.1, 0.15) is 0 Å². The lowest BCUT2D eigenvalue weighted by Crippen LogP contribution is -2.21. The molecule has 102 valence electrons. The van der Waals surface area contributed by atoms with Gasteiger partial charge in [-0.15, -0.1) is 0 Å². The number of carbonyl (C=O) groups is 1. The molecule has 2 rings (SSSR count). The van der Waals surface area contributed by atoms with Gasteiger partial charge in [-0.1, -0.05) is 49.4 Å². The van der Waals surface area contributed by atoms with Crippen LogP contribution in [0.4, 0.5) is 5.69 Å². The fourth-order valence-corrected chi connectivity index (χ4v) is 1.79. The van der Waals surface area contributed by atoms with Gasteiger partial charge in [-0.3, -0.25) is 5.43 Å². The van der Waals surface area contributed by atoms with Crippen LogP contribution in [0.5, 0.6) is 0 Å². The number of hydrazone groups is 1. The number of carbonyl (C=O) groups excluding carboxylic acids is 1. The molecule has 0 heterocycles. The summed E-state index contributed by atoms with van der Waals surface area (Å²) in [6.07, 6.45) is 0.800. The second kappa shape index (κ2) is 6.52. The number of rotatable bonds is 5. The summed E-state index contributed by atoms with van der Waals surface area (Å²) in [6, 6.07) is 16.2. The number of hydrogen-bond acceptors (Lipinski definition) is 4. The first-order chi connectivity index (χ1) is 9.70. The van der Waals surface area contributed by atoms with E-state index in [4.69, 9.17) is 0 Å². The van der Waals surface area contributed by atoms with Crippen LogP contribution in [0.3, 0.4) is 0 Å². The monoisotopic (exact) mass is 267 g/mol. The number of benzene rings is 2. The summed E-state index contributed by atoms with van der Waals surface area (Å²) in [5.74, 6) is -1.18. The second-order valence-corrected chi connectivity index (χ2v) is 4.25. The Balaban J connectivity index is 2.12. The summed E-state index contributed by atoms with van der Waals surface area (Å²) < 4.78 is 0. The minimum atomic E-state index is -1.18. The number of nitrogens with one attached hydrogen (secondary N) is 1. The van der Waals surface area contributed by atoms with Crippen molar-refractivity contribution in [2.45, 2.75) is 13.3 Å². The molecule has 0 saturated carbocycles. The van der Waals surface area contributed by atoms with Gasteiger partial charge >= 0.3 is 0 Å². The molecule has 1 N–H and O–H groups in total. The van der Waals surface area contributed by atoms with Crippen LogP contribution in [0.2, 0.25) is 0 Å². The molecule has 0 fully saturated rings. The van der Waals surface area contributed by atoms with Crippen LogP contribution < -0.4 is 10.5 Å². The second-order valence-electron chi connectivity index (χ2n) is 4.25. The maximum Gasteiger partial charge on any atom is 0.0715 e. The smallest absolute Gasteiger partial charge is 0.0715 e. The highest BCUT2D eigenvalue weighted by molar-refractivity contribution is 6.00. The van der Waals surface area contributed by atoms with E-state index in [1.807, 2.05) is 37.3 Å². The van der Waals surface area contributed by atoms with E-state index in [2.05, 4.69) is 10.5 Å². The molecule has 0 aliphatic rings. The molecule has 0 aliphatic carbocycles. The number of aromatic carboxylic acids is 1. The molecular formula is C16H15N2O2-. The largest absolute Gasteiger partial charge is 0.545 e. The molecule has 20 heavy (non-hydrogen) atoms. The van der Waals surface area contributed by atoms with Crippen molar-refractivity contribution in [3.05, 3.63) is 65.7 Å². The van der Waals surface area contributed by atoms with Gasteiger partial charge in [-0.05, 0) is 29.7 Å². The summed E-state index contributed by atoms with van der Waals surface area (Å²) in [5.41, 5.74) is 5.82. The third kappa shape index (κ3) is 3.45. The van der Waals surface area contributed by atoms with Gasteiger partial charge in [-0.2, -0.15) is 5.10 Å². The Morgan fingerprint density at radius 3 is 2.25 bits per heavy atom. The molecule has 0 radical (unpaired) electrons. The zero-order valence-electron chi connectivity index (χ0n) is 11.2. The third-order valence-electron chi connectivity index (χ3n) is 2.88. The lowest BCUT2D eigenvalue weighted by molar-refractivity contribution is -0.255. The Labute approximate surface area is 117 Å². The molecule has 0 amide bonds. The molecule has 0 aliphatic heterocycles. The molecule has 4 nitrogen and oxygen atoms in total. The lowest BCUT2D eigenvalue weighted by Gasteiger charge is -2.07. The van der Waals surface area contributed by atoms with E-state index in [1.165, 1.54) is 12.1 Å². The van der Waals surface area contributed by atoms with Gasteiger partial charge in [-0.25, -0.2) is 0 Å². The summed E-state index contributed by atoms with van der Waals surface area (Å²) >= 11 is 0. The van der Waals surface area contributed by atoms with Crippen molar-refractivity contribution in [1.29, 1.82) is 0 Å². The van der Waals surface area contributed by atoms with E-state index < -0.39 is 5.97 Å². The van der Waals surface area contributed by atoms with Crippen LogP contribution in [-0.4, -0.2) is 11.7 Å². The molecule has 2 aromatic carbocycles. The Kier molecular flexibility index (Phi) is 4.50. The van der Waals surface area contributed by atoms with E-state index in [-0.39, 0.29) is 5.56 Å². The molecular weight excluding hydrogens is 252 g/mol. The molecule has 0 aromatic heterocycles. The number of anilines is 1. The van der Waals surface area contributed by atoms with Gasteiger partial charge in [0.05, 0.1) is 17.4 Å². The average molecular weight is 267 g/mol. The maximum absolute atomic E-state index is 10.7. The Hall–Kier alpha value is -2.62. The van der Waals surface area contributed by atoms with Crippen molar-refractivity contribution in [3.8, 4) is 0 Å². The Bertz CT molecular complexity index is 604. The van der Waals surface area contributed by atoms with E-state index in [0.717, 1.165) is 23.4 Å². The first-order valence-corrected chi connectivity index (χ1v) is 6.40. The number of carboxylic acid groups (broad SMARTS) is 1. The van der Waals surface area contributed by atoms with E-state index in [1.54, 1.807) is 12.1 Å². The lowest BCUT2D eigenvalue weighted by atomic mass is 10.1. The van der Waals surface area contributed by atoms with Crippen LogP contribution in [0, 0.1) is 0 Å². The van der Waals surface area contributed by atoms with Gasteiger partial charge in [0.15, 0.2) is 0 Å². The van der Waals surface area contributed by atoms with Crippen molar-refractivity contribution in [1.82, 2.24) is 0 Å². The zero-order valence-corrected chi connectivity index (χ0v) is 11.2. The molecule has 4 heteroatoms. The van der Waals surface area contributed by atoms with Gasteiger partial charge < -0.3 is 9.90 Å². The normalized spacial score (nSPS) is 11.2. The fourth-order valence-electron chi connectivity index (χ4n) is 1.79. The molecule has 2 aromatic rings. The Morgan fingerprint density at radius 1 is 1.05 bits per heavy atom. The highest BCUT2D eigenvalue weighted by atomic mass is 16.4. The van der Waals surface area contributed by atoms with Crippen LogP contribution in [0.25, 0.3) is 0 Å². The van der Waals surface area contributed by atoms with E-state index in [0.29, 0.717) is 0 Å². The van der Waals surface area contributed by atoms with E-state index >= 15 is 0 Å². The number of nitrogens with zero attached hydrogens (tertiary/aromatic N) is 1. The zero-order chi connectivity index (χ0) is 14.4. The molecule has 0 saturated heterocycles. The number of carboxylic acids is 1. The maximum atomic E-state index is 10.7. The van der Waals surface area contributed by atoms with Crippen molar-refractivity contribution < 1.29 is 9.90 Å². The quantitative estimate of drug-likeness (QED) is 0.667. The van der Waals surface area contributed by atoms with Crippen LogP contribution in [0.15, 0.2) is 59.7 Å². The minimum Gasteiger partial charge on any atom is -0.545 e. The summed E-state index contributed by atoms with van der Waals surface area (Å²) in [5, 5.41) is 15.0. The average Bonchev–Trinajstić information content (AvgIpc) is 2.49. The summed E-state index contributed by atoms with van der Waals surface area (Å²) in [7, 11) is 0. The highest BCUT2D eigenvalue weighted by Crippen LogP contribution is 2.10.